The molecular weight excluding hydrogens is 336 g/mol. The molecule has 2 rings (SSSR count). The molecule has 0 spiro atoms. The largest absolute Gasteiger partial charge is 0.152 e. The van der Waals surface area contributed by atoms with Crippen LogP contribution in [0.5, 0.6) is 0 Å². The molecule has 0 saturated heterocycles. The molecule has 0 aliphatic heterocycles. The molecule has 78 valence electrons. The van der Waals surface area contributed by atoms with Crippen LogP contribution in [-0.4, -0.2) is 0 Å². The quantitative estimate of drug-likeness (QED) is 0.647. The second-order valence-corrected chi connectivity index (χ2v) is 6.00. The van der Waals surface area contributed by atoms with Crippen LogP contribution in [0, 0.1) is 6.92 Å². The van der Waals surface area contributed by atoms with Crippen molar-refractivity contribution in [3.05, 3.63) is 56.2 Å². The Balaban J connectivity index is 2.32. The van der Waals surface area contributed by atoms with Gasteiger partial charge in [-0.15, -0.1) is 0 Å². The monoisotopic (exact) mass is 344 g/mol. The zero-order chi connectivity index (χ0) is 10.8. The summed E-state index contributed by atoms with van der Waals surface area (Å²) in [6, 6.07) is 8.43. The Labute approximate surface area is 111 Å². The van der Waals surface area contributed by atoms with E-state index in [1.807, 2.05) is 0 Å². The van der Waals surface area contributed by atoms with E-state index in [0.717, 1.165) is 4.47 Å². The van der Waals surface area contributed by atoms with Crippen LogP contribution in [0.4, 0.5) is 0 Å². The second kappa shape index (κ2) is 4.81. The van der Waals surface area contributed by atoms with Crippen molar-refractivity contribution in [1.82, 2.24) is 0 Å². The standard InChI is InChI=1S/C12H10Br2S/c1-8-6-15-7-11(8)12(14)9-2-4-10(13)5-3-9/h2-7,12H,1H3. The van der Waals surface area contributed by atoms with E-state index in [1.54, 1.807) is 11.3 Å². The lowest BCUT2D eigenvalue weighted by Gasteiger charge is -2.10. The average molecular weight is 346 g/mol. The van der Waals surface area contributed by atoms with Gasteiger partial charge in [-0.2, -0.15) is 11.3 Å². The fourth-order valence-corrected chi connectivity index (χ4v) is 3.56. The fraction of sp³-hybridized carbons (Fsp3) is 0.167. The third-order valence-electron chi connectivity index (χ3n) is 2.33. The van der Waals surface area contributed by atoms with Crippen LogP contribution in [0.15, 0.2) is 39.5 Å². The summed E-state index contributed by atoms with van der Waals surface area (Å²) in [5.41, 5.74) is 4.01. The van der Waals surface area contributed by atoms with Gasteiger partial charge in [0.05, 0.1) is 4.83 Å². The van der Waals surface area contributed by atoms with Crippen molar-refractivity contribution < 1.29 is 0 Å². The lowest BCUT2D eigenvalue weighted by atomic mass is 10.1. The van der Waals surface area contributed by atoms with Gasteiger partial charge in [0.25, 0.3) is 0 Å². The first-order valence-corrected chi connectivity index (χ1v) is 7.26. The van der Waals surface area contributed by atoms with Crippen LogP contribution in [0.3, 0.4) is 0 Å². The van der Waals surface area contributed by atoms with Gasteiger partial charge in [0.2, 0.25) is 0 Å². The molecule has 1 heterocycles. The molecule has 15 heavy (non-hydrogen) atoms. The summed E-state index contributed by atoms with van der Waals surface area (Å²) in [6.45, 7) is 2.15. The van der Waals surface area contributed by atoms with Crippen LogP contribution in [0.1, 0.15) is 21.5 Å². The normalized spacial score (nSPS) is 12.7. The lowest BCUT2D eigenvalue weighted by Crippen LogP contribution is -1.92. The topological polar surface area (TPSA) is 0 Å². The van der Waals surface area contributed by atoms with Crippen LogP contribution in [0.25, 0.3) is 0 Å². The maximum absolute atomic E-state index is 3.74. The SMILES string of the molecule is Cc1cscc1C(Br)c1ccc(Br)cc1. The first kappa shape index (κ1) is 11.4. The predicted octanol–water partition coefficient (Wildman–Crippen LogP) is 5.30. The van der Waals surface area contributed by atoms with Gasteiger partial charge in [0, 0.05) is 4.47 Å². The highest BCUT2D eigenvalue weighted by Gasteiger charge is 2.12. The van der Waals surface area contributed by atoms with E-state index in [4.69, 9.17) is 0 Å². The summed E-state index contributed by atoms with van der Waals surface area (Å²) in [7, 11) is 0. The smallest absolute Gasteiger partial charge is 0.0655 e. The molecule has 1 aromatic carbocycles. The second-order valence-electron chi connectivity index (χ2n) is 3.42. The minimum absolute atomic E-state index is 0.303. The lowest BCUT2D eigenvalue weighted by molar-refractivity contribution is 1.16. The molecule has 0 radical (unpaired) electrons. The van der Waals surface area contributed by atoms with Crippen molar-refractivity contribution in [2.75, 3.05) is 0 Å². The highest BCUT2D eigenvalue weighted by atomic mass is 79.9. The van der Waals surface area contributed by atoms with E-state index in [9.17, 15) is 0 Å². The summed E-state index contributed by atoms with van der Waals surface area (Å²) in [5.74, 6) is 0. The average Bonchev–Trinajstić information content (AvgIpc) is 2.65. The Kier molecular flexibility index (Phi) is 3.65. The van der Waals surface area contributed by atoms with E-state index in [1.165, 1.54) is 16.7 Å². The maximum Gasteiger partial charge on any atom is 0.0655 e. The number of rotatable bonds is 2. The van der Waals surface area contributed by atoms with E-state index in [2.05, 4.69) is 73.8 Å². The molecule has 3 heteroatoms. The van der Waals surface area contributed by atoms with Gasteiger partial charge in [0.1, 0.15) is 0 Å². The van der Waals surface area contributed by atoms with Crippen LogP contribution in [0.2, 0.25) is 0 Å². The van der Waals surface area contributed by atoms with Crippen molar-refractivity contribution >= 4 is 43.2 Å². The third kappa shape index (κ3) is 2.52. The number of benzene rings is 1. The molecule has 1 aromatic heterocycles. The van der Waals surface area contributed by atoms with Crippen LogP contribution in [-0.2, 0) is 0 Å². The molecule has 0 saturated carbocycles. The zero-order valence-corrected chi connectivity index (χ0v) is 12.2. The molecule has 0 aliphatic rings. The number of hydrogen-bond donors (Lipinski definition) is 0. The Hall–Kier alpha value is -0.120. The van der Waals surface area contributed by atoms with Crippen LogP contribution < -0.4 is 0 Å². The van der Waals surface area contributed by atoms with Crippen molar-refractivity contribution in [2.45, 2.75) is 11.8 Å². The van der Waals surface area contributed by atoms with Gasteiger partial charge in [-0.25, -0.2) is 0 Å². The minimum Gasteiger partial charge on any atom is -0.152 e. The van der Waals surface area contributed by atoms with Crippen molar-refractivity contribution in [1.29, 1.82) is 0 Å². The third-order valence-corrected chi connectivity index (χ3v) is 4.76. The molecule has 1 unspecified atom stereocenters. The van der Waals surface area contributed by atoms with Crippen molar-refractivity contribution in [2.24, 2.45) is 0 Å². The summed E-state index contributed by atoms with van der Waals surface area (Å²) in [4.78, 5) is 0.303. The minimum atomic E-state index is 0.303. The van der Waals surface area contributed by atoms with Gasteiger partial charge in [-0.3, -0.25) is 0 Å². The number of hydrogen-bond acceptors (Lipinski definition) is 1. The molecular formula is C12H10Br2S. The molecule has 0 bridgehead atoms. The molecule has 0 aliphatic carbocycles. The van der Waals surface area contributed by atoms with Gasteiger partial charge in [0.15, 0.2) is 0 Å². The molecule has 0 amide bonds. The Morgan fingerprint density at radius 2 is 1.80 bits per heavy atom. The van der Waals surface area contributed by atoms with Crippen molar-refractivity contribution in [3.63, 3.8) is 0 Å². The van der Waals surface area contributed by atoms with E-state index in [-0.39, 0.29) is 0 Å². The summed E-state index contributed by atoms with van der Waals surface area (Å²) < 4.78 is 1.12. The molecule has 0 nitrogen and oxygen atoms in total. The van der Waals surface area contributed by atoms with Gasteiger partial charge < -0.3 is 0 Å². The highest BCUT2D eigenvalue weighted by molar-refractivity contribution is 9.10. The first-order valence-electron chi connectivity index (χ1n) is 4.60. The molecule has 1 atom stereocenters. The van der Waals surface area contributed by atoms with Gasteiger partial charge >= 0.3 is 0 Å². The maximum atomic E-state index is 3.74. The highest BCUT2D eigenvalue weighted by Crippen LogP contribution is 2.34. The molecule has 0 N–H and O–H groups in total. The Morgan fingerprint density at radius 1 is 1.13 bits per heavy atom. The summed E-state index contributed by atoms with van der Waals surface area (Å²) in [6.07, 6.45) is 0. The predicted molar refractivity (Wildman–Crippen MR) is 74.0 cm³/mol. The van der Waals surface area contributed by atoms with Crippen LogP contribution >= 0.6 is 43.2 Å². The number of aryl methyl sites for hydroxylation is 1. The Bertz CT molecular complexity index is 445. The van der Waals surface area contributed by atoms with E-state index >= 15 is 0 Å². The van der Waals surface area contributed by atoms with E-state index < -0.39 is 0 Å². The number of halogens is 2. The van der Waals surface area contributed by atoms with E-state index in [0.29, 0.717) is 4.83 Å². The zero-order valence-electron chi connectivity index (χ0n) is 8.21. The number of alkyl halides is 1. The Morgan fingerprint density at radius 3 is 2.33 bits per heavy atom. The number of thiophene rings is 1. The fourth-order valence-electron chi connectivity index (χ4n) is 1.44. The molecule has 0 fully saturated rings. The van der Waals surface area contributed by atoms with Crippen molar-refractivity contribution in [3.8, 4) is 0 Å². The summed E-state index contributed by atoms with van der Waals surface area (Å²) in [5, 5.41) is 4.39. The van der Waals surface area contributed by atoms with Gasteiger partial charge in [-0.1, -0.05) is 44.0 Å². The van der Waals surface area contributed by atoms with Gasteiger partial charge in [-0.05, 0) is 46.5 Å². The first-order chi connectivity index (χ1) is 7.18. The summed E-state index contributed by atoms with van der Waals surface area (Å²) >= 11 is 8.94. The molecule has 2 aromatic rings.